The molecule has 16 heavy (non-hydrogen) atoms. The van der Waals surface area contributed by atoms with Gasteiger partial charge in [-0.25, -0.2) is 0 Å². The summed E-state index contributed by atoms with van der Waals surface area (Å²) in [5, 5.41) is 2.91. The van der Waals surface area contributed by atoms with Gasteiger partial charge in [-0.2, -0.15) is 0 Å². The monoisotopic (exact) mass is 220 g/mol. The highest BCUT2D eigenvalue weighted by Gasteiger charge is 2.09. The molecule has 0 aromatic heterocycles. The molecular weight excluding hydrogens is 200 g/mol. The number of benzene rings is 1. The summed E-state index contributed by atoms with van der Waals surface area (Å²) in [5.74, 6) is 0.430. The van der Waals surface area contributed by atoms with Gasteiger partial charge in [0, 0.05) is 25.4 Å². The second kappa shape index (κ2) is 7.01. The van der Waals surface area contributed by atoms with Gasteiger partial charge in [0.1, 0.15) is 0 Å². The van der Waals surface area contributed by atoms with Crippen molar-refractivity contribution in [3.8, 4) is 0 Å². The Labute approximate surface area is 97.0 Å². The van der Waals surface area contributed by atoms with Crippen molar-refractivity contribution in [1.82, 2.24) is 5.32 Å². The topological polar surface area (TPSA) is 55.1 Å². The van der Waals surface area contributed by atoms with Crippen LogP contribution in [0.4, 0.5) is 0 Å². The summed E-state index contributed by atoms with van der Waals surface area (Å²) in [4.78, 5) is 11.3. The van der Waals surface area contributed by atoms with Crippen molar-refractivity contribution in [2.24, 2.45) is 5.73 Å². The van der Waals surface area contributed by atoms with Crippen LogP contribution in [0.1, 0.15) is 31.2 Å². The van der Waals surface area contributed by atoms with Crippen LogP contribution in [0, 0.1) is 0 Å². The quantitative estimate of drug-likeness (QED) is 0.766. The lowest BCUT2D eigenvalue weighted by Crippen LogP contribution is -2.29. The molecule has 0 aliphatic carbocycles. The van der Waals surface area contributed by atoms with Crippen LogP contribution in [0.25, 0.3) is 0 Å². The van der Waals surface area contributed by atoms with Gasteiger partial charge in [-0.3, -0.25) is 4.79 Å². The Morgan fingerprint density at radius 3 is 2.62 bits per heavy atom. The lowest BCUT2D eigenvalue weighted by atomic mass is 9.96. The minimum atomic E-state index is 0.0388. The fourth-order valence-corrected chi connectivity index (χ4v) is 1.68. The number of nitrogens with one attached hydrogen (secondary N) is 1. The maximum atomic E-state index is 11.3. The van der Waals surface area contributed by atoms with Crippen LogP contribution < -0.4 is 11.1 Å². The summed E-state index contributed by atoms with van der Waals surface area (Å²) in [7, 11) is 0. The average molecular weight is 220 g/mol. The van der Waals surface area contributed by atoms with E-state index < -0.39 is 0 Å². The van der Waals surface area contributed by atoms with Gasteiger partial charge in [0.05, 0.1) is 0 Å². The van der Waals surface area contributed by atoms with Crippen molar-refractivity contribution in [2.45, 2.75) is 25.7 Å². The van der Waals surface area contributed by atoms with Crippen LogP contribution in [0.3, 0.4) is 0 Å². The molecule has 0 saturated heterocycles. The normalized spacial score (nSPS) is 12.1. The molecule has 1 rings (SSSR count). The lowest BCUT2D eigenvalue weighted by Gasteiger charge is -2.16. The highest BCUT2D eigenvalue weighted by molar-refractivity contribution is 5.76. The zero-order valence-corrected chi connectivity index (χ0v) is 9.78. The maximum Gasteiger partial charge on any atom is 0.221 e. The molecular formula is C13H20N2O. The first-order chi connectivity index (χ1) is 7.77. The molecule has 1 amide bonds. The third kappa shape index (κ3) is 4.03. The van der Waals surface area contributed by atoms with Crippen LogP contribution in [-0.4, -0.2) is 19.0 Å². The summed E-state index contributed by atoms with van der Waals surface area (Å²) < 4.78 is 0. The number of hydrogen-bond donors (Lipinski definition) is 2. The van der Waals surface area contributed by atoms with E-state index in [1.807, 2.05) is 18.2 Å². The molecule has 3 heteroatoms. The molecule has 1 unspecified atom stereocenters. The first-order valence-corrected chi connectivity index (χ1v) is 5.79. The molecule has 3 nitrogen and oxygen atoms in total. The number of nitrogens with two attached hydrogens (primary N) is 1. The van der Waals surface area contributed by atoms with E-state index in [2.05, 4.69) is 24.4 Å². The minimum Gasteiger partial charge on any atom is -0.355 e. The molecule has 0 heterocycles. The van der Waals surface area contributed by atoms with Crippen LogP contribution in [0.2, 0.25) is 0 Å². The fraction of sp³-hybridized carbons (Fsp3) is 0.462. The van der Waals surface area contributed by atoms with Crippen molar-refractivity contribution in [2.75, 3.05) is 13.1 Å². The van der Waals surface area contributed by atoms with Gasteiger partial charge < -0.3 is 11.1 Å². The summed E-state index contributed by atoms with van der Waals surface area (Å²) in [6, 6.07) is 10.3. The van der Waals surface area contributed by atoms with Gasteiger partial charge in [0.15, 0.2) is 0 Å². The van der Waals surface area contributed by atoms with E-state index in [-0.39, 0.29) is 5.91 Å². The first-order valence-electron chi connectivity index (χ1n) is 5.79. The van der Waals surface area contributed by atoms with Crippen molar-refractivity contribution in [3.63, 3.8) is 0 Å². The molecule has 1 aromatic carbocycles. The Kier molecular flexibility index (Phi) is 5.57. The third-order valence-corrected chi connectivity index (χ3v) is 2.68. The summed E-state index contributed by atoms with van der Waals surface area (Å²) in [5.41, 5.74) is 6.59. The van der Waals surface area contributed by atoms with Crippen LogP contribution >= 0.6 is 0 Å². The molecule has 3 N–H and O–H groups in total. The molecule has 0 aliphatic rings. The fourth-order valence-electron chi connectivity index (χ4n) is 1.68. The Morgan fingerprint density at radius 2 is 2.06 bits per heavy atom. The van der Waals surface area contributed by atoms with E-state index in [0.717, 1.165) is 6.42 Å². The first kappa shape index (κ1) is 12.7. The molecule has 88 valence electrons. The molecule has 0 radical (unpaired) electrons. The zero-order valence-electron chi connectivity index (χ0n) is 9.78. The van der Waals surface area contributed by atoms with Gasteiger partial charge >= 0.3 is 0 Å². The number of hydrogen-bond acceptors (Lipinski definition) is 2. The van der Waals surface area contributed by atoms with Gasteiger partial charge in [-0.15, -0.1) is 0 Å². The Hall–Kier alpha value is -1.35. The van der Waals surface area contributed by atoms with Crippen LogP contribution in [-0.2, 0) is 4.79 Å². The zero-order chi connectivity index (χ0) is 11.8. The Balaban J connectivity index is 2.47. The predicted molar refractivity (Wildman–Crippen MR) is 66.2 cm³/mol. The summed E-state index contributed by atoms with van der Waals surface area (Å²) in [6.07, 6.45) is 1.43. The summed E-state index contributed by atoms with van der Waals surface area (Å²) >= 11 is 0. The van der Waals surface area contributed by atoms with Crippen LogP contribution in [0.15, 0.2) is 30.3 Å². The predicted octanol–water partition coefficient (Wildman–Crippen LogP) is 1.65. The standard InChI is InChI=1S/C13H20N2O/c1-2-11(10-15-13(16)8-9-14)12-6-4-3-5-7-12/h3-7,11H,2,8-10,14H2,1H3,(H,15,16). The van der Waals surface area contributed by atoms with Crippen molar-refractivity contribution in [3.05, 3.63) is 35.9 Å². The maximum absolute atomic E-state index is 11.3. The smallest absolute Gasteiger partial charge is 0.221 e. The van der Waals surface area contributed by atoms with Crippen LogP contribution in [0.5, 0.6) is 0 Å². The van der Waals surface area contributed by atoms with Crippen molar-refractivity contribution >= 4 is 5.91 Å². The number of carbonyl (C=O) groups is 1. The van der Waals surface area contributed by atoms with E-state index in [0.29, 0.717) is 25.4 Å². The van der Waals surface area contributed by atoms with E-state index in [4.69, 9.17) is 5.73 Å². The van der Waals surface area contributed by atoms with E-state index in [9.17, 15) is 4.79 Å². The third-order valence-electron chi connectivity index (χ3n) is 2.68. The molecule has 0 spiro atoms. The number of amides is 1. The second-order valence-electron chi connectivity index (χ2n) is 3.86. The van der Waals surface area contributed by atoms with Crippen molar-refractivity contribution in [1.29, 1.82) is 0 Å². The van der Waals surface area contributed by atoms with Gasteiger partial charge in [-0.05, 0) is 12.0 Å². The average Bonchev–Trinajstić information content (AvgIpc) is 2.31. The van der Waals surface area contributed by atoms with Gasteiger partial charge in [0.2, 0.25) is 5.91 Å². The Morgan fingerprint density at radius 1 is 1.38 bits per heavy atom. The van der Waals surface area contributed by atoms with E-state index >= 15 is 0 Å². The molecule has 0 aliphatic heterocycles. The summed E-state index contributed by atoms with van der Waals surface area (Å²) in [6.45, 7) is 3.24. The largest absolute Gasteiger partial charge is 0.355 e. The number of rotatable bonds is 6. The number of carbonyl (C=O) groups excluding carboxylic acids is 1. The van der Waals surface area contributed by atoms with Gasteiger partial charge in [0.25, 0.3) is 0 Å². The molecule has 1 atom stereocenters. The van der Waals surface area contributed by atoms with Crippen molar-refractivity contribution < 1.29 is 4.79 Å². The minimum absolute atomic E-state index is 0.0388. The lowest BCUT2D eigenvalue weighted by molar-refractivity contribution is -0.120. The second-order valence-corrected chi connectivity index (χ2v) is 3.86. The highest BCUT2D eigenvalue weighted by atomic mass is 16.1. The van der Waals surface area contributed by atoms with E-state index in [1.54, 1.807) is 0 Å². The highest BCUT2D eigenvalue weighted by Crippen LogP contribution is 2.17. The molecule has 1 aromatic rings. The van der Waals surface area contributed by atoms with E-state index in [1.165, 1.54) is 5.56 Å². The SMILES string of the molecule is CCC(CNC(=O)CCN)c1ccccc1. The van der Waals surface area contributed by atoms with Gasteiger partial charge in [-0.1, -0.05) is 37.3 Å². The molecule has 0 saturated carbocycles. The molecule has 0 bridgehead atoms. The Bertz CT molecular complexity index is 311. The molecule has 0 fully saturated rings.